The van der Waals surface area contributed by atoms with Crippen molar-refractivity contribution in [3.05, 3.63) is 70.3 Å². The van der Waals surface area contributed by atoms with Crippen molar-refractivity contribution >= 4 is 29.3 Å². The molecule has 0 radical (unpaired) electrons. The molecule has 0 saturated heterocycles. The lowest BCUT2D eigenvalue weighted by molar-refractivity contribution is -0.123. The van der Waals surface area contributed by atoms with E-state index in [1.54, 1.807) is 16.8 Å². The highest BCUT2D eigenvalue weighted by atomic mass is 35.5. The maximum Gasteiger partial charge on any atom is 0.255 e. The van der Waals surface area contributed by atoms with Gasteiger partial charge in [0.25, 0.3) is 11.8 Å². The summed E-state index contributed by atoms with van der Waals surface area (Å²) >= 11 is 6.38. The molecule has 1 atom stereocenters. The van der Waals surface area contributed by atoms with Gasteiger partial charge >= 0.3 is 0 Å². The average molecular weight is 630 g/mol. The first-order chi connectivity index (χ1) is 21.1. The Kier molecular flexibility index (Phi) is 11.5. The van der Waals surface area contributed by atoms with Gasteiger partial charge in [-0.25, -0.2) is 9.07 Å². The number of aromatic nitrogens is 3. The Morgan fingerprint density at radius 2 is 2.02 bits per heavy atom. The highest BCUT2D eigenvalue weighted by molar-refractivity contribution is 6.32. The molecule has 4 N–H and O–H groups in total. The summed E-state index contributed by atoms with van der Waals surface area (Å²) < 4.78 is 27.0. The van der Waals surface area contributed by atoms with E-state index in [-0.39, 0.29) is 36.4 Å². The van der Waals surface area contributed by atoms with Crippen LogP contribution in [0.1, 0.15) is 41.9 Å². The summed E-state index contributed by atoms with van der Waals surface area (Å²) in [7, 11) is 0. The first-order valence-electron chi connectivity index (χ1n) is 14.4. The summed E-state index contributed by atoms with van der Waals surface area (Å²) in [6.07, 6.45) is 2.81. The molecule has 0 aliphatic carbocycles. The predicted molar refractivity (Wildman–Crippen MR) is 161 cm³/mol. The van der Waals surface area contributed by atoms with Crippen molar-refractivity contribution in [2.75, 3.05) is 32.8 Å². The monoisotopic (exact) mass is 629 g/mol. The van der Waals surface area contributed by atoms with Crippen LogP contribution in [-0.4, -0.2) is 76.5 Å². The number of primary amides is 1. The largest absolute Gasteiger partial charge is 0.491 e. The minimum Gasteiger partial charge on any atom is -0.491 e. The maximum absolute atomic E-state index is 14.1. The summed E-state index contributed by atoms with van der Waals surface area (Å²) in [5.74, 6) is -1.48. The van der Waals surface area contributed by atoms with Gasteiger partial charge in [0.1, 0.15) is 30.0 Å². The van der Waals surface area contributed by atoms with E-state index in [0.29, 0.717) is 56.3 Å². The van der Waals surface area contributed by atoms with Gasteiger partial charge in [-0.3, -0.25) is 19.3 Å². The van der Waals surface area contributed by atoms with Gasteiger partial charge in [0.2, 0.25) is 5.91 Å². The number of nitrogens with zero attached hydrogens (tertiary/aromatic N) is 4. The summed E-state index contributed by atoms with van der Waals surface area (Å²) in [5.41, 5.74) is 6.83. The van der Waals surface area contributed by atoms with E-state index < -0.39 is 23.7 Å². The summed E-state index contributed by atoms with van der Waals surface area (Å²) in [4.78, 5) is 39.7. The molecular formula is C30H37ClFN7O5. The summed E-state index contributed by atoms with van der Waals surface area (Å²) in [6.45, 7) is 6.04. The van der Waals surface area contributed by atoms with Gasteiger partial charge in [-0.05, 0) is 48.2 Å². The molecule has 2 bridgehead atoms. The highest BCUT2D eigenvalue weighted by Gasteiger charge is 2.25. The smallest absolute Gasteiger partial charge is 0.255 e. The molecule has 2 heterocycles. The zero-order valence-electron chi connectivity index (χ0n) is 24.7. The molecule has 0 saturated carbocycles. The van der Waals surface area contributed by atoms with Crippen LogP contribution < -0.4 is 25.8 Å². The Morgan fingerprint density at radius 1 is 1.20 bits per heavy atom. The zero-order chi connectivity index (χ0) is 31.6. The molecule has 0 fully saturated rings. The van der Waals surface area contributed by atoms with Crippen LogP contribution in [0.5, 0.6) is 11.5 Å². The molecule has 0 spiro atoms. The van der Waals surface area contributed by atoms with Gasteiger partial charge in [0, 0.05) is 38.8 Å². The van der Waals surface area contributed by atoms with Crippen molar-refractivity contribution in [2.45, 2.75) is 45.8 Å². The third-order valence-corrected chi connectivity index (χ3v) is 7.16. The minimum absolute atomic E-state index is 0.00262. The summed E-state index contributed by atoms with van der Waals surface area (Å²) in [5, 5.41) is 14.5. The standard InChI is InChI=1S/C30H37ClFN7O5/c1-19(2)13-25-30(42)34-8-10-38(16-20-3-5-27(24(31)14-20)44-18-28(33)40)9-7-22-17-39(37-36-22)11-12-43-26-6-4-21(32)15-23(26)29(41)35-25/h3-6,14-15,17,19,25H,7-13,16,18H2,1-2H3,(H2,33,40)(H,34,42)(H,35,41)/t25-/m1/s1. The fourth-order valence-corrected chi connectivity index (χ4v) is 4.98. The zero-order valence-corrected chi connectivity index (χ0v) is 25.5. The number of nitrogens with two attached hydrogens (primary N) is 1. The Bertz CT molecular complexity index is 1470. The second-order valence-electron chi connectivity index (χ2n) is 11.0. The number of hydrogen-bond acceptors (Lipinski definition) is 8. The van der Waals surface area contributed by atoms with E-state index in [2.05, 4.69) is 25.8 Å². The lowest BCUT2D eigenvalue weighted by Crippen LogP contribution is -2.49. The van der Waals surface area contributed by atoms with Crippen LogP contribution in [0.2, 0.25) is 5.02 Å². The molecule has 14 heteroatoms. The van der Waals surface area contributed by atoms with E-state index in [9.17, 15) is 18.8 Å². The molecule has 1 aliphatic rings. The molecule has 1 aliphatic heterocycles. The Hall–Kier alpha value is -4.23. The van der Waals surface area contributed by atoms with Crippen LogP contribution >= 0.6 is 11.6 Å². The van der Waals surface area contributed by atoms with E-state index in [0.717, 1.165) is 17.3 Å². The number of benzene rings is 2. The van der Waals surface area contributed by atoms with Gasteiger partial charge < -0.3 is 25.8 Å². The average Bonchev–Trinajstić information content (AvgIpc) is 3.42. The first kappa shape index (κ1) is 32.7. The number of halogens is 2. The van der Waals surface area contributed by atoms with Crippen molar-refractivity contribution in [3.63, 3.8) is 0 Å². The topological polar surface area (TPSA) is 154 Å². The van der Waals surface area contributed by atoms with E-state index in [1.807, 2.05) is 26.1 Å². The summed E-state index contributed by atoms with van der Waals surface area (Å²) in [6, 6.07) is 8.17. The van der Waals surface area contributed by atoms with Gasteiger partial charge in [-0.2, -0.15) is 0 Å². The first-order valence-corrected chi connectivity index (χ1v) is 14.8. The second-order valence-corrected chi connectivity index (χ2v) is 11.4. The third kappa shape index (κ3) is 9.64. The van der Waals surface area contributed by atoms with E-state index in [4.69, 9.17) is 26.8 Å². The molecule has 44 heavy (non-hydrogen) atoms. The molecule has 12 nitrogen and oxygen atoms in total. The Balaban J connectivity index is 1.53. The number of fused-ring (bicyclic) bond motifs is 3. The molecule has 3 aromatic rings. The van der Waals surface area contributed by atoms with Crippen LogP contribution in [0.25, 0.3) is 0 Å². The molecule has 4 rings (SSSR count). The molecule has 236 valence electrons. The molecule has 2 aromatic carbocycles. The number of hydrogen-bond donors (Lipinski definition) is 3. The van der Waals surface area contributed by atoms with Gasteiger partial charge in [-0.1, -0.05) is 36.7 Å². The normalized spacial score (nSPS) is 17.1. The van der Waals surface area contributed by atoms with Crippen molar-refractivity contribution in [1.82, 2.24) is 30.5 Å². The quantitative estimate of drug-likeness (QED) is 0.360. The lowest BCUT2D eigenvalue weighted by atomic mass is 10.0. The van der Waals surface area contributed by atoms with Crippen molar-refractivity contribution in [1.29, 1.82) is 0 Å². The van der Waals surface area contributed by atoms with Crippen LogP contribution in [0.15, 0.2) is 42.6 Å². The van der Waals surface area contributed by atoms with Crippen molar-refractivity contribution < 1.29 is 28.2 Å². The van der Waals surface area contributed by atoms with Crippen LogP contribution in [0, 0.1) is 11.7 Å². The van der Waals surface area contributed by atoms with Crippen molar-refractivity contribution in [3.8, 4) is 11.5 Å². The minimum atomic E-state index is -0.831. The Morgan fingerprint density at radius 3 is 2.77 bits per heavy atom. The van der Waals surface area contributed by atoms with Crippen LogP contribution in [-0.2, 0) is 29.1 Å². The van der Waals surface area contributed by atoms with Gasteiger partial charge in [-0.15, -0.1) is 5.10 Å². The molecule has 3 amide bonds. The SMILES string of the molecule is CC(C)C[C@H]1NC(=O)c2cc(F)ccc2OCCn2cc(nn2)CCN(Cc2ccc(OCC(N)=O)c(Cl)c2)CCNC1=O. The number of nitrogens with one attached hydrogen (secondary N) is 2. The van der Waals surface area contributed by atoms with E-state index >= 15 is 0 Å². The van der Waals surface area contributed by atoms with E-state index in [1.165, 1.54) is 12.1 Å². The third-order valence-electron chi connectivity index (χ3n) is 6.86. The molecular weight excluding hydrogens is 593 g/mol. The lowest BCUT2D eigenvalue weighted by Gasteiger charge is -2.24. The van der Waals surface area contributed by atoms with Gasteiger partial charge in [0.15, 0.2) is 6.61 Å². The van der Waals surface area contributed by atoms with Crippen molar-refractivity contribution in [2.24, 2.45) is 11.7 Å². The van der Waals surface area contributed by atoms with Gasteiger partial charge in [0.05, 0.1) is 22.8 Å². The molecule has 1 aromatic heterocycles. The number of ether oxygens (including phenoxy) is 2. The maximum atomic E-state index is 14.1. The highest BCUT2D eigenvalue weighted by Crippen LogP contribution is 2.26. The van der Waals surface area contributed by atoms with Crippen LogP contribution in [0.3, 0.4) is 0 Å². The number of amides is 3. The fourth-order valence-electron chi connectivity index (χ4n) is 4.73. The number of carbonyl (C=O) groups is 3. The second kappa shape index (κ2) is 15.5. The molecule has 0 unspecified atom stereocenters. The Labute approximate surface area is 260 Å². The number of carbonyl (C=O) groups excluding carboxylic acids is 3. The fraction of sp³-hybridized carbons (Fsp3) is 0.433. The van der Waals surface area contributed by atoms with Crippen LogP contribution in [0.4, 0.5) is 4.39 Å². The number of rotatable bonds is 7. The predicted octanol–water partition coefficient (Wildman–Crippen LogP) is 2.33.